The average molecular weight is 278 g/mol. The van der Waals surface area contributed by atoms with Gasteiger partial charge >= 0.3 is 0 Å². The fourth-order valence-corrected chi connectivity index (χ4v) is 1.96. The van der Waals surface area contributed by atoms with E-state index in [0.29, 0.717) is 29.7 Å². The van der Waals surface area contributed by atoms with Crippen LogP contribution in [0.3, 0.4) is 0 Å². The van der Waals surface area contributed by atoms with Crippen molar-refractivity contribution >= 4 is 17.4 Å². The molecule has 2 N–H and O–H groups in total. The molecular weight excluding hydrogens is 262 g/mol. The monoisotopic (exact) mass is 277 g/mol. The standard InChI is InChI=1S/C14H16ClN3O/c1-3-9-7-10(5-6-11(9)15)19-14-8-12(16)17-13(4-2)18-14/h5-8H,3-4H2,1-2H3,(H2,16,17,18). The smallest absolute Gasteiger partial charge is 0.224 e. The van der Waals surface area contributed by atoms with E-state index in [1.807, 2.05) is 32.0 Å². The van der Waals surface area contributed by atoms with Gasteiger partial charge in [0.25, 0.3) is 0 Å². The van der Waals surface area contributed by atoms with Gasteiger partial charge in [0.2, 0.25) is 5.88 Å². The van der Waals surface area contributed by atoms with Crippen LogP contribution in [0.2, 0.25) is 5.02 Å². The molecule has 1 aromatic carbocycles. The minimum Gasteiger partial charge on any atom is -0.439 e. The molecule has 19 heavy (non-hydrogen) atoms. The summed E-state index contributed by atoms with van der Waals surface area (Å²) in [5.41, 5.74) is 6.76. The van der Waals surface area contributed by atoms with Gasteiger partial charge < -0.3 is 10.5 Å². The van der Waals surface area contributed by atoms with Crippen molar-refractivity contribution in [1.29, 1.82) is 0 Å². The van der Waals surface area contributed by atoms with E-state index in [9.17, 15) is 0 Å². The maximum atomic E-state index is 6.07. The molecule has 0 aliphatic rings. The molecule has 0 atom stereocenters. The number of rotatable bonds is 4. The Kier molecular flexibility index (Phi) is 4.22. The predicted molar refractivity (Wildman–Crippen MR) is 76.7 cm³/mol. The van der Waals surface area contributed by atoms with E-state index in [0.717, 1.165) is 17.0 Å². The van der Waals surface area contributed by atoms with Crippen molar-refractivity contribution in [1.82, 2.24) is 9.97 Å². The van der Waals surface area contributed by atoms with Crippen molar-refractivity contribution < 1.29 is 4.74 Å². The molecule has 4 nitrogen and oxygen atoms in total. The highest BCUT2D eigenvalue weighted by Crippen LogP contribution is 2.26. The number of anilines is 1. The van der Waals surface area contributed by atoms with Crippen LogP contribution in [0.25, 0.3) is 0 Å². The van der Waals surface area contributed by atoms with E-state index in [1.165, 1.54) is 0 Å². The van der Waals surface area contributed by atoms with Gasteiger partial charge in [-0.25, -0.2) is 4.98 Å². The zero-order valence-corrected chi connectivity index (χ0v) is 11.7. The number of aryl methyl sites for hydroxylation is 2. The van der Waals surface area contributed by atoms with Gasteiger partial charge in [0.1, 0.15) is 17.4 Å². The van der Waals surface area contributed by atoms with E-state index in [-0.39, 0.29) is 0 Å². The van der Waals surface area contributed by atoms with Crippen LogP contribution in [0.15, 0.2) is 24.3 Å². The maximum Gasteiger partial charge on any atom is 0.224 e. The first-order chi connectivity index (χ1) is 9.12. The predicted octanol–water partition coefficient (Wildman–Crippen LogP) is 3.63. The van der Waals surface area contributed by atoms with Crippen LogP contribution in [0.5, 0.6) is 11.6 Å². The van der Waals surface area contributed by atoms with E-state index in [1.54, 1.807) is 6.07 Å². The van der Waals surface area contributed by atoms with Gasteiger partial charge in [0.05, 0.1) is 0 Å². The Hall–Kier alpha value is -1.81. The zero-order valence-electron chi connectivity index (χ0n) is 11.0. The summed E-state index contributed by atoms with van der Waals surface area (Å²) >= 11 is 6.07. The largest absolute Gasteiger partial charge is 0.439 e. The summed E-state index contributed by atoms with van der Waals surface area (Å²) in [7, 11) is 0. The van der Waals surface area contributed by atoms with E-state index in [4.69, 9.17) is 22.1 Å². The van der Waals surface area contributed by atoms with Crippen LogP contribution >= 0.6 is 11.6 Å². The number of hydrogen-bond donors (Lipinski definition) is 1. The number of nitrogens with zero attached hydrogens (tertiary/aromatic N) is 2. The number of halogens is 1. The Morgan fingerprint density at radius 1 is 1.16 bits per heavy atom. The summed E-state index contributed by atoms with van der Waals surface area (Å²) in [6, 6.07) is 7.15. The van der Waals surface area contributed by atoms with Gasteiger partial charge in [0.15, 0.2) is 0 Å². The first-order valence-corrected chi connectivity index (χ1v) is 6.60. The minimum atomic E-state index is 0.409. The van der Waals surface area contributed by atoms with Crippen LogP contribution in [-0.4, -0.2) is 9.97 Å². The van der Waals surface area contributed by atoms with Gasteiger partial charge in [0, 0.05) is 17.5 Å². The summed E-state index contributed by atoms with van der Waals surface area (Å²) in [5.74, 6) is 2.22. The topological polar surface area (TPSA) is 61.0 Å². The lowest BCUT2D eigenvalue weighted by atomic mass is 10.1. The van der Waals surface area contributed by atoms with E-state index < -0.39 is 0 Å². The normalized spacial score (nSPS) is 10.5. The lowest BCUT2D eigenvalue weighted by Gasteiger charge is -2.09. The second kappa shape index (κ2) is 5.89. The summed E-state index contributed by atoms with van der Waals surface area (Å²) in [6.07, 6.45) is 1.56. The number of aromatic nitrogens is 2. The highest BCUT2D eigenvalue weighted by molar-refractivity contribution is 6.31. The Morgan fingerprint density at radius 3 is 2.63 bits per heavy atom. The second-order valence-electron chi connectivity index (χ2n) is 4.11. The highest BCUT2D eigenvalue weighted by atomic mass is 35.5. The minimum absolute atomic E-state index is 0.409. The van der Waals surface area contributed by atoms with Crippen LogP contribution in [0.1, 0.15) is 25.2 Å². The summed E-state index contributed by atoms with van der Waals surface area (Å²) in [5, 5.41) is 0.742. The SMILES string of the molecule is CCc1nc(N)cc(Oc2ccc(Cl)c(CC)c2)n1. The highest BCUT2D eigenvalue weighted by Gasteiger charge is 2.06. The summed E-state index contributed by atoms with van der Waals surface area (Å²) in [6.45, 7) is 4.01. The summed E-state index contributed by atoms with van der Waals surface area (Å²) < 4.78 is 5.71. The van der Waals surface area contributed by atoms with Crippen LogP contribution in [-0.2, 0) is 12.8 Å². The zero-order chi connectivity index (χ0) is 13.8. The van der Waals surface area contributed by atoms with Crippen molar-refractivity contribution in [3.8, 4) is 11.6 Å². The van der Waals surface area contributed by atoms with Gasteiger partial charge in [-0.3, -0.25) is 0 Å². The molecule has 0 amide bonds. The Morgan fingerprint density at radius 2 is 1.95 bits per heavy atom. The first kappa shape index (κ1) is 13.6. The lowest BCUT2D eigenvalue weighted by molar-refractivity contribution is 0.459. The van der Waals surface area contributed by atoms with Gasteiger partial charge in [-0.1, -0.05) is 25.4 Å². The third-order valence-electron chi connectivity index (χ3n) is 2.71. The molecule has 0 spiro atoms. The molecule has 0 aliphatic heterocycles. The van der Waals surface area contributed by atoms with E-state index >= 15 is 0 Å². The van der Waals surface area contributed by atoms with Crippen molar-refractivity contribution in [3.05, 3.63) is 40.7 Å². The molecule has 0 saturated carbocycles. The molecule has 100 valence electrons. The molecule has 0 unspecified atom stereocenters. The second-order valence-corrected chi connectivity index (χ2v) is 4.52. The maximum absolute atomic E-state index is 6.07. The Labute approximate surface area is 117 Å². The number of benzene rings is 1. The van der Waals surface area contributed by atoms with Crippen molar-refractivity contribution in [3.63, 3.8) is 0 Å². The van der Waals surface area contributed by atoms with Crippen LogP contribution in [0, 0.1) is 0 Å². The molecule has 0 saturated heterocycles. The lowest BCUT2D eigenvalue weighted by Crippen LogP contribution is -2.00. The van der Waals surface area contributed by atoms with Crippen LogP contribution < -0.4 is 10.5 Å². The third kappa shape index (κ3) is 3.35. The number of nitrogens with two attached hydrogens (primary N) is 1. The summed E-state index contributed by atoms with van der Waals surface area (Å²) in [4.78, 5) is 8.39. The third-order valence-corrected chi connectivity index (χ3v) is 3.07. The number of nitrogen functional groups attached to an aromatic ring is 1. The molecule has 2 rings (SSSR count). The Bertz CT molecular complexity index is 587. The molecule has 2 aromatic rings. The van der Waals surface area contributed by atoms with Crippen molar-refractivity contribution in [2.24, 2.45) is 0 Å². The van der Waals surface area contributed by atoms with Gasteiger partial charge in [-0.05, 0) is 30.2 Å². The molecule has 0 radical (unpaired) electrons. The molecule has 0 aliphatic carbocycles. The van der Waals surface area contributed by atoms with Crippen molar-refractivity contribution in [2.75, 3.05) is 5.73 Å². The number of hydrogen-bond acceptors (Lipinski definition) is 4. The molecule has 5 heteroatoms. The Balaban J connectivity index is 2.28. The molecule has 0 fully saturated rings. The van der Waals surface area contributed by atoms with E-state index in [2.05, 4.69) is 9.97 Å². The van der Waals surface area contributed by atoms with Gasteiger partial charge in [-0.2, -0.15) is 4.98 Å². The number of ether oxygens (including phenoxy) is 1. The quantitative estimate of drug-likeness (QED) is 0.927. The molecular formula is C14H16ClN3O. The fourth-order valence-electron chi connectivity index (χ4n) is 1.71. The molecule has 1 aromatic heterocycles. The van der Waals surface area contributed by atoms with Crippen LogP contribution in [0.4, 0.5) is 5.82 Å². The molecule has 1 heterocycles. The molecule has 0 bridgehead atoms. The first-order valence-electron chi connectivity index (χ1n) is 6.22. The fraction of sp³-hybridized carbons (Fsp3) is 0.286. The average Bonchev–Trinajstić information content (AvgIpc) is 2.40. The van der Waals surface area contributed by atoms with Gasteiger partial charge in [-0.15, -0.1) is 0 Å². The van der Waals surface area contributed by atoms with Crippen molar-refractivity contribution in [2.45, 2.75) is 26.7 Å².